The molecule has 0 bridgehead atoms. The van der Waals surface area contributed by atoms with E-state index in [2.05, 4.69) is 43.4 Å². The average Bonchev–Trinajstić information content (AvgIpc) is 2.45. The van der Waals surface area contributed by atoms with Gasteiger partial charge < -0.3 is 11.1 Å². The fourth-order valence-electron chi connectivity index (χ4n) is 2.60. The molecule has 0 aliphatic heterocycles. The maximum absolute atomic E-state index is 12.1. The molecule has 4 heteroatoms. The first-order chi connectivity index (χ1) is 10.1. The molecule has 2 aromatic carbocycles. The Morgan fingerprint density at radius 3 is 2.45 bits per heavy atom. The summed E-state index contributed by atoms with van der Waals surface area (Å²) >= 11 is 0. The monoisotopic (exact) mass is 320 g/mol. The zero-order valence-corrected chi connectivity index (χ0v) is 14.0. The second-order valence-electron chi connectivity index (χ2n) is 5.99. The number of benzene rings is 2. The third-order valence-electron chi connectivity index (χ3n) is 3.58. The van der Waals surface area contributed by atoms with E-state index in [4.69, 9.17) is 5.73 Å². The minimum atomic E-state index is 0. The molecule has 3 nitrogen and oxygen atoms in total. The zero-order chi connectivity index (χ0) is 15.2. The van der Waals surface area contributed by atoms with Crippen molar-refractivity contribution >= 4 is 29.1 Å². The summed E-state index contributed by atoms with van der Waals surface area (Å²) in [5.74, 6) is 0.570. The largest absolute Gasteiger partial charge is 0.352 e. The standard InChI is InChI=1S/C18H24N2O.ClH/c1-13(2)9-17(12-19)20-18(21)11-14-7-8-15-5-3-4-6-16(15)10-14;/h3-8,10,13,17H,9,11-12,19H2,1-2H3,(H,20,21);1H. The van der Waals surface area contributed by atoms with Crippen molar-refractivity contribution in [3.8, 4) is 0 Å². The van der Waals surface area contributed by atoms with Crippen molar-refractivity contribution in [3.63, 3.8) is 0 Å². The lowest BCUT2D eigenvalue weighted by molar-refractivity contribution is -0.121. The van der Waals surface area contributed by atoms with Crippen LogP contribution in [0.25, 0.3) is 10.8 Å². The molecule has 0 radical (unpaired) electrons. The normalized spacial score (nSPS) is 12.0. The Morgan fingerprint density at radius 2 is 1.82 bits per heavy atom. The van der Waals surface area contributed by atoms with E-state index < -0.39 is 0 Å². The molecule has 0 saturated heterocycles. The van der Waals surface area contributed by atoms with Crippen LogP contribution in [0, 0.1) is 5.92 Å². The quantitative estimate of drug-likeness (QED) is 0.858. The van der Waals surface area contributed by atoms with Crippen LogP contribution in [-0.4, -0.2) is 18.5 Å². The van der Waals surface area contributed by atoms with Gasteiger partial charge in [0.05, 0.1) is 6.42 Å². The summed E-state index contributed by atoms with van der Waals surface area (Å²) in [7, 11) is 0. The molecular weight excluding hydrogens is 296 g/mol. The van der Waals surface area contributed by atoms with Crippen LogP contribution in [0.2, 0.25) is 0 Å². The Morgan fingerprint density at radius 1 is 1.14 bits per heavy atom. The predicted octanol–water partition coefficient (Wildman–Crippen LogP) is 3.29. The molecule has 3 N–H and O–H groups in total. The van der Waals surface area contributed by atoms with Crippen LogP contribution < -0.4 is 11.1 Å². The van der Waals surface area contributed by atoms with Crippen molar-refractivity contribution < 1.29 is 4.79 Å². The third kappa shape index (κ3) is 5.32. The first-order valence-corrected chi connectivity index (χ1v) is 7.55. The summed E-state index contributed by atoms with van der Waals surface area (Å²) in [5.41, 5.74) is 6.76. The SMILES string of the molecule is CC(C)CC(CN)NC(=O)Cc1ccc2ccccc2c1.Cl. The van der Waals surface area contributed by atoms with Gasteiger partial charge in [-0.15, -0.1) is 12.4 Å². The molecule has 2 rings (SSSR count). The van der Waals surface area contributed by atoms with Crippen LogP contribution >= 0.6 is 12.4 Å². The van der Waals surface area contributed by atoms with Gasteiger partial charge in [-0.3, -0.25) is 4.79 Å². The molecule has 0 fully saturated rings. The summed E-state index contributed by atoms with van der Waals surface area (Å²) in [4.78, 5) is 12.1. The molecule has 0 saturated carbocycles. The minimum absolute atomic E-state index is 0. The highest BCUT2D eigenvalue weighted by atomic mass is 35.5. The Balaban J connectivity index is 0.00000242. The molecule has 2 aromatic rings. The van der Waals surface area contributed by atoms with Gasteiger partial charge in [-0.1, -0.05) is 56.3 Å². The summed E-state index contributed by atoms with van der Waals surface area (Å²) in [5, 5.41) is 5.39. The van der Waals surface area contributed by atoms with Crippen LogP contribution in [-0.2, 0) is 11.2 Å². The average molecular weight is 321 g/mol. The van der Waals surface area contributed by atoms with Gasteiger partial charge in [0.2, 0.25) is 5.91 Å². The van der Waals surface area contributed by atoms with Crippen LogP contribution in [0.5, 0.6) is 0 Å². The van der Waals surface area contributed by atoms with Gasteiger partial charge in [0.25, 0.3) is 0 Å². The van der Waals surface area contributed by atoms with Gasteiger partial charge >= 0.3 is 0 Å². The van der Waals surface area contributed by atoms with E-state index in [0.29, 0.717) is 18.9 Å². The minimum Gasteiger partial charge on any atom is -0.352 e. The van der Waals surface area contributed by atoms with Gasteiger partial charge in [-0.05, 0) is 28.7 Å². The molecule has 0 aliphatic carbocycles. The smallest absolute Gasteiger partial charge is 0.224 e. The van der Waals surface area contributed by atoms with Crippen molar-refractivity contribution in [1.82, 2.24) is 5.32 Å². The van der Waals surface area contributed by atoms with Crippen molar-refractivity contribution in [1.29, 1.82) is 0 Å². The summed E-state index contributed by atoms with van der Waals surface area (Å²) in [6.07, 6.45) is 1.32. The van der Waals surface area contributed by atoms with Crippen LogP contribution in [0.1, 0.15) is 25.8 Å². The molecule has 0 spiro atoms. The Kier molecular flexibility index (Phi) is 7.36. The predicted molar refractivity (Wildman–Crippen MR) is 95.3 cm³/mol. The zero-order valence-electron chi connectivity index (χ0n) is 13.2. The number of hydrogen-bond donors (Lipinski definition) is 2. The number of nitrogens with two attached hydrogens (primary N) is 1. The molecule has 22 heavy (non-hydrogen) atoms. The maximum Gasteiger partial charge on any atom is 0.224 e. The van der Waals surface area contributed by atoms with Crippen molar-refractivity contribution in [2.75, 3.05) is 6.54 Å². The molecule has 1 atom stereocenters. The topological polar surface area (TPSA) is 55.1 Å². The highest BCUT2D eigenvalue weighted by molar-refractivity contribution is 5.86. The lowest BCUT2D eigenvalue weighted by atomic mass is 10.0. The number of fused-ring (bicyclic) bond motifs is 1. The van der Waals surface area contributed by atoms with Crippen LogP contribution in [0.3, 0.4) is 0 Å². The Hall–Kier alpha value is -1.58. The van der Waals surface area contributed by atoms with Crippen LogP contribution in [0.4, 0.5) is 0 Å². The first-order valence-electron chi connectivity index (χ1n) is 7.55. The summed E-state index contributed by atoms with van der Waals surface area (Å²) in [6.45, 7) is 4.76. The van der Waals surface area contributed by atoms with E-state index in [9.17, 15) is 4.79 Å². The number of carbonyl (C=O) groups excluding carboxylic acids is 1. The molecule has 120 valence electrons. The molecule has 1 amide bonds. The fourth-order valence-corrected chi connectivity index (χ4v) is 2.60. The Bertz CT molecular complexity index is 613. The summed E-state index contributed by atoms with van der Waals surface area (Å²) in [6, 6.07) is 14.4. The van der Waals surface area contributed by atoms with Gasteiger partial charge in [0.15, 0.2) is 0 Å². The lowest BCUT2D eigenvalue weighted by Gasteiger charge is -2.18. The Labute approximate surface area is 138 Å². The van der Waals surface area contributed by atoms with Gasteiger partial charge in [-0.25, -0.2) is 0 Å². The third-order valence-corrected chi connectivity index (χ3v) is 3.58. The highest BCUT2D eigenvalue weighted by Gasteiger charge is 2.12. The molecule has 1 unspecified atom stereocenters. The van der Waals surface area contributed by atoms with Crippen molar-refractivity contribution in [3.05, 3.63) is 48.0 Å². The molecular formula is C18H25ClN2O. The second-order valence-corrected chi connectivity index (χ2v) is 5.99. The number of hydrogen-bond acceptors (Lipinski definition) is 2. The molecule has 0 aliphatic rings. The van der Waals surface area contributed by atoms with Gasteiger partial charge in [-0.2, -0.15) is 0 Å². The second kappa shape index (κ2) is 8.76. The van der Waals surface area contributed by atoms with E-state index in [1.807, 2.05) is 18.2 Å². The first kappa shape index (κ1) is 18.5. The number of halogens is 1. The van der Waals surface area contributed by atoms with E-state index in [1.165, 1.54) is 10.8 Å². The van der Waals surface area contributed by atoms with Gasteiger partial charge in [0, 0.05) is 12.6 Å². The fraction of sp³-hybridized carbons (Fsp3) is 0.389. The number of rotatable bonds is 6. The van der Waals surface area contributed by atoms with E-state index in [-0.39, 0.29) is 24.4 Å². The molecule has 0 heterocycles. The van der Waals surface area contributed by atoms with E-state index in [0.717, 1.165) is 12.0 Å². The van der Waals surface area contributed by atoms with Crippen molar-refractivity contribution in [2.24, 2.45) is 11.7 Å². The maximum atomic E-state index is 12.1. The van der Waals surface area contributed by atoms with E-state index >= 15 is 0 Å². The highest BCUT2D eigenvalue weighted by Crippen LogP contribution is 2.16. The lowest BCUT2D eigenvalue weighted by Crippen LogP contribution is -2.41. The summed E-state index contributed by atoms with van der Waals surface area (Å²) < 4.78 is 0. The van der Waals surface area contributed by atoms with E-state index in [1.54, 1.807) is 0 Å². The van der Waals surface area contributed by atoms with Crippen LogP contribution in [0.15, 0.2) is 42.5 Å². The number of carbonyl (C=O) groups is 1. The number of amides is 1. The van der Waals surface area contributed by atoms with Crippen molar-refractivity contribution in [2.45, 2.75) is 32.7 Å². The molecule has 0 aromatic heterocycles. The van der Waals surface area contributed by atoms with Gasteiger partial charge in [0.1, 0.15) is 0 Å². The number of nitrogens with one attached hydrogen (secondary N) is 1.